The van der Waals surface area contributed by atoms with E-state index in [2.05, 4.69) is 23.4 Å². The van der Waals surface area contributed by atoms with Crippen molar-refractivity contribution in [2.75, 3.05) is 5.32 Å². The molecule has 0 aliphatic carbocycles. The van der Waals surface area contributed by atoms with Crippen LogP contribution in [0.1, 0.15) is 18.2 Å². The highest BCUT2D eigenvalue weighted by molar-refractivity contribution is 5.49. The lowest BCUT2D eigenvalue weighted by molar-refractivity contribution is 0.627. The van der Waals surface area contributed by atoms with Crippen LogP contribution in [0.25, 0.3) is 0 Å². The average molecular weight is 226 g/mol. The number of nitrogens with one attached hydrogen (secondary N) is 1. The van der Waals surface area contributed by atoms with E-state index < -0.39 is 0 Å². The van der Waals surface area contributed by atoms with E-state index in [0.717, 1.165) is 17.9 Å². The van der Waals surface area contributed by atoms with Gasteiger partial charge in [0.1, 0.15) is 0 Å². The molecule has 0 fully saturated rings. The van der Waals surface area contributed by atoms with Crippen molar-refractivity contribution in [3.63, 3.8) is 0 Å². The van der Waals surface area contributed by atoms with Gasteiger partial charge in [-0.2, -0.15) is 10.4 Å². The number of nitrogens with zero attached hydrogens (tertiary/aromatic N) is 3. The molecular formula is C13H14N4. The monoisotopic (exact) mass is 226 g/mol. The molecule has 1 N–H and O–H groups in total. The van der Waals surface area contributed by atoms with Gasteiger partial charge in [0.2, 0.25) is 0 Å². The fraction of sp³-hybridized carbons (Fsp3) is 0.231. The van der Waals surface area contributed by atoms with Gasteiger partial charge in [-0.25, -0.2) is 0 Å². The van der Waals surface area contributed by atoms with Crippen LogP contribution in [0.4, 0.5) is 5.69 Å². The molecular weight excluding hydrogens is 212 g/mol. The normalized spacial score (nSPS) is 9.88. The van der Waals surface area contributed by atoms with Crippen LogP contribution in [0.3, 0.4) is 0 Å². The minimum absolute atomic E-state index is 0.666. The van der Waals surface area contributed by atoms with Crippen LogP contribution in [0, 0.1) is 11.3 Å². The number of aromatic nitrogens is 2. The lowest BCUT2D eigenvalue weighted by atomic mass is 10.2. The zero-order valence-electron chi connectivity index (χ0n) is 9.72. The van der Waals surface area contributed by atoms with Gasteiger partial charge in [-0.15, -0.1) is 0 Å². The summed E-state index contributed by atoms with van der Waals surface area (Å²) in [6, 6.07) is 11.6. The quantitative estimate of drug-likeness (QED) is 0.870. The molecule has 4 nitrogen and oxygen atoms in total. The summed E-state index contributed by atoms with van der Waals surface area (Å²) in [5.74, 6) is 0. The standard InChI is InChI=1S/C13H14N4/c1-2-17-13(6-7-16-17)10-15-12-5-3-4-11(8-12)9-14/h3-8,15H,2,10H2,1H3. The Morgan fingerprint density at radius 3 is 3.06 bits per heavy atom. The molecule has 0 saturated heterocycles. The van der Waals surface area contributed by atoms with Crippen molar-refractivity contribution in [1.82, 2.24) is 9.78 Å². The maximum Gasteiger partial charge on any atom is 0.0992 e. The van der Waals surface area contributed by atoms with Crippen LogP contribution in [0.5, 0.6) is 0 Å². The van der Waals surface area contributed by atoms with Crippen LogP contribution in [-0.4, -0.2) is 9.78 Å². The lowest BCUT2D eigenvalue weighted by Gasteiger charge is -2.08. The number of anilines is 1. The highest BCUT2D eigenvalue weighted by atomic mass is 15.3. The summed E-state index contributed by atoms with van der Waals surface area (Å²) in [5, 5.41) is 16.3. The van der Waals surface area contributed by atoms with Crippen molar-refractivity contribution in [3.05, 3.63) is 47.8 Å². The van der Waals surface area contributed by atoms with Gasteiger partial charge in [-0.05, 0) is 31.2 Å². The Kier molecular flexibility index (Phi) is 3.41. The van der Waals surface area contributed by atoms with E-state index in [-0.39, 0.29) is 0 Å². The van der Waals surface area contributed by atoms with Crippen molar-refractivity contribution in [2.45, 2.75) is 20.0 Å². The first-order valence-electron chi connectivity index (χ1n) is 5.58. The average Bonchev–Trinajstić information content (AvgIpc) is 2.84. The van der Waals surface area contributed by atoms with Crippen LogP contribution in [-0.2, 0) is 13.1 Å². The van der Waals surface area contributed by atoms with Crippen molar-refractivity contribution in [3.8, 4) is 6.07 Å². The van der Waals surface area contributed by atoms with Crippen LogP contribution in [0.2, 0.25) is 0 Å². The van der Waals surface area contributed by atoms with Crippen molar-refractivity contribution in [1.29, 1.82) is 5.26 Å². The molecule has 0 spiro atoms. The van der Waals surface area contributed by atoms with E-state index in [1.165, 1.54) is 0 Å². The van der Waals surface area contributed by atoms with Gasteiger partial charge in [-0.1, -0.05) is 6.07 Å². The van der Waals surface area contributed by atoms with Gasteiger partial charge in [0.25, 0.3) is 0 Å². The topological polar surface area (TPSA) is 53.6 Å². The molecule has 0 amide bonds. The van der Waals surface area contributed by atoms with Crippen molar-refractivity contribution in [2.24, 2.45) is 0 Å². The number of nitriles is 1. The molecule has 17 heavy (non-hydrogen) atoms. The number of rotatable bonds is 4. The molecule has 0 aliphatic rings. The van der Waals surface area contributed by atoms with Crippen LogP contribution >= 0.6 is 0 Å². The van der Waals surface area contributed by atoms with Crippen LogP contribution in [0.15, 0.2) is 36.5 Å². The van der Waals surface area contributed by atoms with Gasteiger partial charge in [0.15, 0.2) is 0 Å². The second-order valence-corrected chi connectivity index (χ2v) is 3.68. The van der Waals surface area contributed by atoms with Crippen molar-refractivity contribution >= 4 is 5.69 Å². The Morgan fingerprint density at radius 1 is 1.41 bits per heavy atom. The molecule has 0 radical (unpaired) electrons. The van der Waals surface area contributed by atoms with E-state index in [9.17, 15) is 0 Å². The first kappa shape index (κ1) is 11.2. The molecule has 0 bridgehead atoms. The Balaban J connectivity index is 2.05. The maximum absolute atomic E-state index is 8.80. The Bertz CT molecular complexity index is 536. The predicted molar refractivity (Wildman–Crippen MR) is 66.4 cm³/mol. The second kappa shape index (κ2) is 5.17. The summed E-state index contributed by atoms with van der Waals surface area (Å²) in [4.78, 5) is 0. The molecule has 2 rings (SSSR count). The van der Waals surface area contributed by atoms with Gasteiger partial charge in [0.05, 0.1) is 23.9 Å². The summed E-state index contributed by atoms with van der Waals surface area (Å²) in [7, 11) is 0. The van der Waals surface area contributed by atoms with Gasteiger partial charge >= 0.3 is 0 Å². The van der Waals surface area contributed by atoms with E-state index in [0.29, 0.717) is 12.1 Å². The van der Waals surface area contributed by atoms with E-state index in [4.69, 9.17) is 5.26 Å². The molecule has 1 aromatic heterocycles. The molecule has 0 atom stereocenters. The van der Waals surface area contributed by atoms with Gasteiger partial charge in [0, 0.05) is 18.4 Å². The summed E-state index contributed by atoms with van der Waals surface area (Å²) < 4.78 is 1.95. The Hall–Kier alpha value is -2.28. The molecule has 1 heterocycles. The number of benzene rings is 1. The van der Waals surface area contributed by atoms with Crippen LogP contribution < -0.4 is 5.32 Å². The van der Waals surface area contributed by atoms with Gasteiger partial charge < -0.3 is 5.32 Å². The van der Waals surface area contributed by atoms with Gasteiger partial charge in [-0.3, -0.25) is 4.68 Å². The summed E-state index contributed by atoms with van der Waals surface area (Å²) in [6.07, 6.45) is 1.80. The zero-order chi connectivity index (χ0) is 12.1. The molecule has 86 valence electrons. The predicted octanol–water partition coefficient (Wildman–Crippen LogP) is 2.39. The molecule has 1 aromatic carbocycles. The minimum Gasteiger partial charge on any atom is -0.379 e. The van der Waals surface area contributed by atoms with E-state index >= 15 is 0 Å². The number of aryl methyl sites for hydroxylation is 1. The molecule has 4 heteroatoms. The molecule has 0 saturated carbocycles. The van der Waals surface area contributed by atoms with Crippen molar-refractivity contribution < 1.29 is 0 Å². The first-order chi connectivity index (χ1) is 8.33. The smallest absolute Gasteiger partial charge is 0.0992 e. The summed E-state index contributed by atoms with van der Waals surface area (Å²) >= 11 is 0. The Labute approximate surface area is 100 Å². The first-order valence-corrected chi connectivity index (χ1v) is 5.58. The summed E-state index contributed by atoms with van der Waals surface area (Å²) in [5.41, 5.74) is 2.75. The molecule has 0 aliphatic heterocycles. The third-order valence-electron chi connectivity index (χ3n) is 2.57. The van der Waals surface area contributed by atoms with E-state index in [1.807, 2.05) is 28.9 Å². The second-order valence-electron chi connectivity index (χ2n) is 3.68. The fourth-order valence-corrected chi connectivity index (χ4v) is 1.69. The fourth-order valence-electron chi connectivity index (χ4n) is 1.69. The lowest BCUT2D eigenvalue weighted by Crippen LogP contribution is -2.07. The van der Waals surface area contributed by atoms with E-state index in [1.54, 1.807) is 12.3 Å². The third kappa shape index (κ3) is 2.64. The highest BCUT2D eigenvalue weighted by Crippen LogP contribution is 2.11. The zero-order valence-corrected chi connectivity index (χ0v) is 9.72. The molecule has 2 aromatic rings. The highest BCUT2D eigenvalue weighted by Gasteiger charge is 2.00. The molecule has 0 unspecified atom stereocenters. The number of hydrogen-bond donors (Lipinski definition) is 1. The summed E-state index contributed by atoms with van der Waals surface area (Å²) in [6.45, 7) is 3.64. The SMILES string of the molecule is CCn1nccc1CNc1cccc(C#N)c1. The maximum atomic E-state index is 8.80. The minimum atomic E-state index is 0.666. The number of hydrogen-bond acceptors (Lipinski definition) is 3. The third-order valence-corrected chi connectivity index (χ3v) is 2.57. The largest absolute Gasteiger partial charge is 0.379 e. The Morgan fingerprint density at radius 2 is 2.29 bits per heavy atom.